The van der Waals surface area contributed by atoms with Crippen LogP contribution < -0.4 is 15.5 Å². The Hall–Kier alpha value is -2.77. The number of morpholine rings is 1. The number of anilines is 2. The second-order valence-corrected chi connectivity index (χ2v) is 6.34. The van der Waals surface area contributed by atoms with Crippen molar-refractivity contribution in [3.05, 3.63) is 53.9 Å². The van der Waals surface area contributed by atoms with Crippen LogP contribution >= 0.6 is 0 Å². The number of fused-ring (bicyclic) bond motifs is 1. The van der Waals surface area contributed by atoms with Crippen LogP contribution in [-0.4, -0.2) is 49.1 Å². The number of rotatable bonds is 3. The number of benzene rings is 1. The number of pyridine rings is 1. The molecule has 7 heteroatoms. The first-order valence-electron chi connectivity index (χ1n) is 8.70. The average Bonchev–Trinajstić information content (AvgIpc) is 3.12. The van der Waals surface area contributed by atoms with Crippen molar-refractivity contribution in [2.24, 2.45) is 0 Å². The third kappa shape index (κ3) is 3.31. The van der Waals surface area contributed by atoms with Gasteiger partial charge in [-0.2, -0.15) is 0 Å². The van der Waals surface area contributed by atoms with E-state index in [1.165, 1.54) is 0 Å². The monoisotopic (exact) mass is 352 g/mol. The number of carbonyl (C=O) groups is 2. The summed E-state index contributed by atoms with van der Waals surface area (Å²) < 4.78 is 5.47. The zero-order valence-corrected chi connectivity index (χ0v) is 14.3. The van der Waals surface area contributed by atoms with Crippen LogP contribution in [0.4, 0.5) is 11.4 Å². The number of nitrogens with zero attached hydrogens (tertiary/aromatic N) is 2. The van der Waals surface area contributed by atoms with E-state index in [2.05, 4.69) is 15.6 Å². The summed E-state index contributed by atoms with van der Waals surface area (Å²) in [7, 11) is 0. The van der Waals surface area contributed by atoms with Crippen LogP contribution in [0.2, 0.25) is 0 Å². The Morgan fingerprint density at radius 2 is 2.23 bits per heavy atom. The maximum absolute atomic E-state index is 12.7. The maximum Gasteiger partial charge on any atom is 0.259 e. The molecule has 1 aromatic carbocycles. The molecule has 1 unspecified atom stereocenters. The molecule has 1 fully saturated rings. The van der Waals surface area contributed by atoms with Crippen LogP contribution in [0.15, 0.2) is 42.7 Å². The lowest BCUT2D eigenvalue weighted by Gasteiger charge is -2.23. The molecule has 0 spiro atoms. The molecule has 4 rings (SSSR count). The van der Waals surface area contributed by atoms with Crippen LogP contribution in [0.5, 0.6) is 0 Å². The minimum absolute atomic E-state index is 0.0599. The first-order chi connectivity index (χ1) is 12.7. The summed E-state index contributed by atoms with van der Waals surface area (Å²) in [4.78, 5) is 30.7. The number of carbonyl (C=O) groups excluding carboxylic acids is 2. The maximum atomic E-state index is 12.7. The highest BCUT2D eigenvalue weighted by atomic mass is 16.5. The molecule has 2 aliphatic heterocycles. The molecule has 0 bridgehead atoms. The van der Waals surface area contributed by atoms with E-state index in [1.54, 1.807) is 29.4 Å². The van der Waals surface area contributed by atoms with Gasteiger partial charge in [0.25, 0.3) is 11.8 Å². The standard InChI is InChI=1S/C19H20N4O3/c24-18(17-12-21-7-9-26-17)22-15-3-4-16-13(10-15)5-8-23(16)19(25)14-2-1-6-20-11-14/h1-4,6,10-11,17,21H,5,7-9,12H2,(H,22,24). The van der Waals surface area contributed by atoms with E-state index in [0.717, 1.165) is 29.9 Å². The molecule has 1 aromatic heterocycles. The van der Waals surface area contributed by atoms with Gasteiger partial charge in [0.2, 0.25) is 0 Å². The van der Waals surface area contributed by atoms with E-state index in [1.807, 2.05) is 18.2 Å². The molecule has 2 aliphatic rings. The molecule has 0 radical (unpaired) electrons. The summed E-state index contributed by atoms with van der Waals surface area (Å²) in [5.74, 6) is -0.214. The van der Waals surface area contributed by atoms with Crippen molar-refractivity contribution in [2.45, 2.75) is 12.5 Å². The number of hydrogen-bond donors (Lipinski definition) is 2. The van der Waals surface area contributed by atoms with E-state index >= 15 is 0 Å². The van der Waals surface area contributed by atoms with E-state index in [9.17, 15) is 9.59 Å². The van der Waals surface area contributed by atoms with Gasteiger partial charge in [0, 0.05) is 43.4 Å². The largest absolute Gasteiger partial charge is 0.366 e. The third-order valence-electron chi connectivity index (χ3n) is 4.62. The molecule has 134 valence electrons. The lowest BCUT2D eigenvalue weighted by Crippen LogP contribution is -2.45. The predicted octanol–water partition coefficient (Wildman–Crippen LogP) is 1.21. The molecular weight excluding hydrogens is 332 g/mol. The Bertz CT molecular complexity index is 819. The van der Waals surface area contributed by atoms with Crippen molar-refractivity contribution in [3.63, 3.8) is 0 Å². The molecule has 1 saturated heterocycles. The molecule has 7 nitrogen and oxygen atoms in total. The van der Waals surface area contributed by atoms with E-state index in [0.29, 0.717) is 25.3 Å². The van der Waals surface area contributed by atoms with Gasteiger partial charge in [-0.3, -0.25) is 14.6 Å². The minimum atomic E-state index is -0.472. The van der Waals surface area contributed by atoms with Gasteiger partial charge in [-0.1, -0.05) is 0 Å². The van der Waals surface area contributed by atoms with Crippen molar-refractivity contribution in [1.29, 1.82) is 0 Å². The summed E-state index contributed by atoms with van der Waals surface area (Å²) in [6, 6.07) is 9.15. The molecule has 26 heavy (non-hydrogen) atoms. The van der Waals surface area contributed by atoms with Crippen molar-refractivity contribution >= 4 is 23.2 Å². The minimum Gasteiger partial charge on any atom is -0.366 e. The van der Waals surface area contributed by atoms with E-state index in [-0.39, 0.29) is 11.8 Å². The van der Waals surface area contributed by atoms with Gasteiger partial charge in [0.05, 0.1) is 12.2 Å². The molecule has 2 N–H and O–H groups in total. The smallest absolute Gasteiger partial charge is 0.259 e. The molecule has 2 aromatic rings. The quantitative estimate of drug-likeness (QED) is 0.868. The van der Waals surface area contributed by atoms with Crippen LogP contribution in [0.1, 0.15) is 15.9 Å². The van der Waals surface area contributed by atoms with Crippen molar-refractivity contribution in [1.82, 2.24) is 10.3 Å². The van der Waals surface area contributed by atoms with Crippen LogP contribution in [0, 0.1) is 0 Å². The Balaban J connectivity index is 1.48. The predicted molar refractivity (Wildman–Crippen MR) is 97.3 cm³/mol. The summed E-state index contributed by atoms with van der Waals surface area (Å²) >= 11 is 0. The Kier molecular flexibility index (Phi) is 4.64. The SMILES string of the molecule is O=C(Nc1ccc2c(c1)CCN2C(=O)c1cccnc1)C1CNCCO1. The molecule has 2 amide bonds. The molecule has 1 atom stereocenters. The number of ether oxygens (including phenoxy) is 1. The highest BCUT2D eigenvalue weighted by Crippen LogP contribution is 2.31. The number of nitrogens with one attached hydrogen (secondary N) is 2. The number of amides is 2. The Morgan fingerprint density at radius 3 is 3.00 bits per heavy atom. The normalized spacial score (nSPS) is 19.1. The first kappa shape index (κ1) is 16.7. The summed E-state index contributed by atoms with van der Waals surface area (Å²) in [5, 5.41) is 6.04. The Morgan fingerprint density at radius 1 is 1.31 bits per heavy atom. The highest BCUT2D eigenvalue weighted by Gasteiger charge is 2.27. The van der Waals surface area contributed by atoms with E-state index < -0.39 is 6.10 Å². The second kappa shape index (κ2) is 7.23. The first-order valence-corrected chi connectivity index (χ1v) is 8.70. The highest BCUT2D eigenvalue weighted by molar-refractivity contribution is 6.07. The van der Waals surface area contributed by atoms with Gasteiger partial charge in [0.1, 0.15) is 6.10 Å². The van der Waals surface area contributed by atoms with Crippen molar-refractivity contribution in [2.75, 3.05) is 36.5 Å². The lowest BCUT2D eigenvalue weighted by atomic mass is 10.1. The van der Waals surface area contributed by atoms with E-state index in [4.69, 9.17) is 4.74 Å². The summed E-state index contributed by atoms with van der Waals surface area (Å²) in [5.41, 5.74) is 3.22. The molecular formula is C19H20N4O3. The van der Waals surface area contributed by atoms with Crippen LogP contribution in [0.3, 0.4) is 0 Å². The van der Waals surface area contributed by atoms with Gasteiger partial charge >= 0.3 is 0 Å². The molecule has 3 heterocycles. The van der Waals surface area contributed by atoms with Gasteiger partial charge in [0.15, 0.2) is 0 Å². The number of hydrogen-bond acceptors (Lipinski definition) is 5. The Labute approximate surface area is 151 Å². The molecule has 0 aliphatic carbocycles. The average molecular weight is 352 g/mol. The fourth-order valence-corrected chi connectivity index (χ4v) is 3.29. The lowest BCUT2D eigenvalue weighted by molar-refractivity contribution is -0.128. The van der Waals surface area contributed by atoms with Gasteiger partial charge < -0.3 is 20.3 Å². The zero-order valence-electron chi connectivity index (χ0n) is 14.3. The summed E-state index contributed by atoms with van der Waals surface area (Å²) in [6.07, 6.45) is 3.51. The summed E-state index contributed by atoms with van der Waals surface area (Å²) in [6.45, 7) is 2.44. The van der Waals surface area contributed by atoms with Crippen molar-refractivity contribution in [3.8, 4) is 0 Å². The van der Waals surface area contributed by atoms with Gasteiger partial charge in [-0.05, 0) is 42.3 Å². The van der Waals surface area contributed by atoms with Crippen LogP contribution in [-0.2, 0) is 16.0 Å². The van der Waals surface area contributed by atoms with Gasteiger partial charge in [-0.25, -0.2) is 0 Å². The fraction of sp³-hybridized carbons (Fsp3) is 0.316. The zero-order chi connectivity index (χ0) is 17.9. The second-order valence-electron chi connectivity index (χ2n) is 6.34. The fourth-order valence-electron chi connectivity index (χ4n) is 3.29. The van der Waals surface area contributed by atoms with Crippen molar-refractivity contribution < 1.29 is 14.3 Å². The van der Waals surface area contributed by atoms with Gasteiger partial charge in [-0.15, -0.1) is 0 Å². The van der Waals surface area contributed by atoms with Crippen LogP contribution in [0.25, 0.3) is 0 Å². The number of aromatic nitrogens is 1. The topological polar surface area (TPSA) is 83.6 Å². The molecule has 0 saturated carbocycles. The third-order valence-corrected chi connectivity index (χ3v) is 4.62.